The lowest BCUT2D eigenvalue weighted by molar-refractivity contribution is -0.384. The first-order valence-electron chi connectivity index (χ1n) is 10.7. The van der Waals surface area contributed by atoms with E-state index in [1.807, 2.05) is 0 Å². The predicted octanol–water partition coefficient (Wildman–Crippen LogP) is 4.91. The van der Waals surface area contributed by atoms with Crippen molar-refractivity contribution in [2.45, 2.75) is 15.1 Å². The molecule has 2 aromatic carbocycles. The fraction of sp³-hybridized carbons (Fsp3) is 0.0417. The molecule has 1 amide bonds. The van der Waals surface area contributed by atoms with Crippen LogP contribution in [0.5, 0.6) is 0 Å². The SMILES string of the molecule is O=C(C1=C(O)C(=O)N(c2ncc(S(=O)(=O)c3ccc([N+](=O)[O-])cc3)s2)C1c1cccc(Cl)c1)c1ccco1. The minimum Gasteiger partial charge on any atom is -0.503 e. The number of Topliss-reactive ketones (excluding diaryl/α,β-unsaturated/α-hetero) is 1. The van der Waals surface area contributed by atoms with Gasteiger partial charge in [0.1, 0.15) is 4.21 Å². The molecule has 4 aromatic rings. The van der Waals surface area contributed by atoms with Crippen molar-refractivity contribution in [2.24, 2.45) is 0 Å². The number of benzene rings is 2. The average Bonchev–Trinajstić information content (AvgIpc) is 3.65. The number of carbonyl (C=O) groups is 2. The molecule has 14 heteroatoms. The van der Waals surface area contributed by atoms with E-state index in [1.54, 1.807) is 18.2 Å². The molecule has 1 N–H and O–H groups in total. The summed E-state index contributed by atoms with van der Waals surface area (Å²) in [6.07, 6.45) is 2.30. The Morgan fingerprint density at radius 3 is 2.53 bits per heavy atom. The Bertz CT molecular complexity index is 1730. The van der Waals surface area contributed by atoms with Crippen molar-refractivity contribution < 1.29 is 32.5 Å². The van der Waals surface area contributed by atoms with E-state index in [9.17, 15) is 33.2 Å². The van der Waals surface area contributed by atoms with Gasteiger partial charge in [-0.1, -0.05) is 35.1 Å². The van der Waals surface area contributed by atoms with Crippen LogP contribution in [0.15, 0.2) is 98.0 Å². The molecular weight excluding hydrogens is 558 g/mol. The third kappa shape index (κ3) is 4.26. The lowest BCUT2D eigenvalue weighted by Crippen LogP contribution is -2.30. The fourth-order valence-corrected chi connectivity index (χ4v) is 6.66. The Balaban J connectivity index is 1.58. The molecule has 0 spiro atoms. The number of aromatic nitrogens is 1. The predicted molar refractivity (Wildman–Crippen MR) is 135 cm³/mol. The number of thiazole rings is 1. The number of aliphatic hydroxyl groups is 1. The largest absolute Gasteiger partial charge is 0.503 e. The number of hydrogen-bond acceptors (Lipinski definition) is 10. The van der Waals surface area contributed by atoms with Gasteiger partial charge in [0.25, 0.3) is 11.6 Å². The van der Waals surface area contributed by atoms with Crippen molar-refractivity contribution in [2.75, 3.05) is 4.90 Å². The van der Waals surface area contributed by atoms with E-state index in [1.165, 1.54) is 24.5 Å². The first-order chi connectivity index (χ1) is 18.1. The highest BCUT2D eigenvalue weighted by Crippen LogP contribution is 2.44. The van der Waals surface area contributed by atoms with Crippen LogP contribution in [-0.4, -0.2) is 35.1 Å². The summed E-state index contributed by atoms with van der Waals surface area (Å²) in [6, 6.07) is 12.2. The molecule has 1 atom stereocenters. The van der Waals surface area contributed by atoms with Crippen molar-refractivity contribution in [1.82, 2.24) is 4.98 Å². The van der Waals surface area contributed by atoms with Crippen LogP contribution in [0.25, 0.3) is 0 Å². The summed E-state index contributed by atoms with van der Waals surface area (Å²) >= 11 is 6.79. The third-order valence-corrected chi connectivity index (χ3v) is 9.13. The van der Waals surface area contributed by atoms with Gasteiger partial charge in [-0.25, -0.2) is 13.4 Å². The molecule has 0 radical (unpaired) electrons. The number of nitro groups is 1. The summed E-state index contributed by atoms with van der Waals surface area (Å²) in [4.78, 5) is 41.6. The highest BCUT2D eigenvalue weighted by molar-refractivity contribution is 7.93. The number of anilines is 1. The molecule has 192 valence electrons. The van der Waals surface area contributed by atoms with Gasteiger partial charge < -0.3 is 9.52 Å². The van der Waals surface area contributed by atoms with Crippen LogP contribution >= 0.6 is 22.9 Å². The van der Waals surface area contributed by atoms with Crippen molar-refractivity contribution in [3.05, 3.63) is 111 Å². The van der Waals surface area contributed by atoms with E-state index >= 15 is 0 Å². The summed E-state index contributed by atoms with van der Waals surface area (Å²) in [5.41, 5.74) is -0.210. The highest BCUT2D eigenvalue weighted by atomic mass is 35.5. The number of rotatable bonds is 7. The summed E-state index contributed by atoms with van der Waals surface area (Å²) < 4.78 is 31.2. The second-order valence-corrected chi connectivity index (χ2v) is 11.5. The number of nitro benzene ring substituents is 1. The van der Waals surface area contributed by atoms with E-state index in [2.05, 4.69) is 4.98 Å². The zero-order valence-electron chi connectivity index (χ0n) is 18.8. The number of ketones is 1. The van der Waals surface area contributed by atoms with Gasteiger partial charge in [-0.3, -0.25) is 24.6 Å². The number of amides is 1. The Morgan fingerprint density at radius 2 is 1.89 bits per heavy atom. The molecule has 0 saturated carbocycles. The summed E-state index contributed by atoms with van der Waals surface area (Å²) in [5, 5.41) is 21.9. The fourth-order valence-electron chi connectivity index (χ4n) is 3.92. The molecule has 11 nitrogen and oxygen atoms in total. The zero-order chi connectivity index (χ0) is 27.2. The Hall–Kier alpha value is -4.33. The molecular formula is C24H14ClN3O8S2. The number of hydrogen-bond donors (Lipinski definition) is 1. The first-order valence-corrected chi connectivity index (χ1v) is 13.3. The van der Waals surface area contributed by atoms with Crippen molar-refractivity contribution in [3.63, 3.8) is 0 Å². The quantitative estimate of drug-likeness (QED) is 0.184. The second kappa shape index (κ2) is 9.52. The molecule has 0 bridgehead atoms. The van der Waals surface area contributed by atoms with Crippen LogP contribution in [0.1, 0.15) is 22.2 Å². The first kappa shape index (κ1) is 25.3. The molecule has 38 heavy (non-hydrogen) atoms. The molecule has 1 unspecified atom stereocenters. The lowest BCUT2D eigenvalue weighted by atomic mass is 9.95. The molecule has 0 saturated heterocycles. The van der Waals surface area contributed by atoms with E-state index in [0.717, 1.165) is 35.4 Å². The van der Waals surface area contributed by atoms with Gasteiger partial charge in [0.2, 0.25) is 15.6 Å². The van der Waals surface area contributed by atoms with Gasteiger partial charge >= 0.3 is 0 Å². The minimum atomic E-state index is -4.16. The number of carbonyl (C=O) groups excluding carboxylic acids is 2. The van der Waals surface area contributed by atoms with Gasteiger partial charge in [-0.05, 0) is 42.0 Å². The van der Waals surface area contributed by atoms with Crippen LogP contribution < -0.4 is 4.90 Å². The number of non-ortho nitro benzene ring substituents is 1. The van der Waals surface area contributed by atoms with Crippen molar-refractivity contribution in [1.29, 1.82) is 0 Å². The Morgan fingerprint density at radius 1 is 1.16 bits per heavy atom. The van der Waals surface area contributed by atoms with Gasteiger partial charge in [-0.15, -0.1) is 0 Å². The molecule has 0 fully saturated rings. The van der Waals surface area contributed by atoms with Crippen LogP contribution in [0, 0.1) is 10.1 Å². The van der Waals surface area contributed by atoms with Crippen LogP contribution in [-0.2, 0) is 14.6 Å². The lowest BCUT2D eigenvalue weighted by Gasteiger charge is -2.24. The van der Waals surface area contributed by atoms with Crippen LogP contribution in [0.2, 0.25) is 5.02 Å². The van der Waals surface area contributed by atoms with E-state index < -0.39 is 38.3 Å². The minimum absolute atomic E-state index is 0.116. The molecule has 3 heterocycles. The summed E-state index contributed by atoms with van der Waals surface area (Å²) in [5.74, 6) is -2.68. The molecule has 1 aliphatic rings. The Labute approximate surface area is 223 Å². The van der Waals surface area contributed by atoms with Crippen LogP contribution in [0.4, 0.5) is 10.8 Å². The number of furan rings is 1. The van der Waals surface area contributed by atoms with Crippen molar-refractivity contribution in [3.8, 4) is 0 Å². The maximum absolute atomic E-state index is 13.3. The van der Waals surface area contributed by atoms with E-state index in [-0.39, 0.29) is 31.3 Å². The smallest absolute Gasteiger partial charge is 0.296 e. The standard InChI is InChI=1S/C24H14ClN3O8S2/c25-14-4-1-3-13(11-14)20-19(21(29)17-5-2-10-36-17)22(30)23(31)27(20)24-26-12-18(37-24)38(34,35)16-8-6-15(7-9-16)28(32)33/h1-12,20,30H. The number of nitrogens with zero attached hydrogens (tertiary/aromatic N) is 3. The molecule has 1 aliphatic heterocycles. The number of halogens is 1. The number of sulfone groups is 1. The maximum Gasteiger partial charge on any atom is 0.296 e. The monoisotopic (exact) mass is 571 g/mol. The average molecular weight is 572 g/mol. The van der Waals surface area contributed by atoms with Gasteiger partial charge in [0.15, 0.2) is 16.7 Å². The van der Waals surface area contributed by atoms with Crippen molar-refractivity contribution >= 4 is 55.3 Å². The van der Waals surface area contributed by atoms with Gasteiger partial charge in [0.05, 0.1) is 33.9 Å². The Kier molecular flexibility index (Phi) is 6.34. The third-order valence-electron chi connectivity index (χ3n) is 5.66. The topological polar surface area (TPSA) is 161 Å². The van der Waals surface area contributed by atoms with Crippen LogP contribution in [0.3, 0.4) is 0 Å². The second-order valence-electron chi connectivity index (χ2n) is 7.92. The van der Waals surface area contributed by atoms with Gasteiger partial charge in [-0.2, -0.15) is 0 Å². The summed E-state index contributed by atoms with van der Waals surface area (Å²) in [7, 11) is -4.16. The van der Waals surface area contributed by atoms with E-state index in [0.29, 0.717) is 21.9 Å². The number of aliphatic hydroxyl groups excluding tert-OH is 1. The normalized spacial score (nSPS) is 15.8. The summed E-state index contributed by atoms with van der Waals surface area (Å²) in [6.45, 7) is 0. The molecule has 2 aromatic heterocycles. The maximum atomic E-state index is 13.3. The van der Waals surface area contributed by atoms with E-state index in [4.69, 9.17) is 16.0 Å². The molecule has 0 aliphatic carbocycles. The molecule has 5 rings (SSSR count). The zero-order valence-corrected chi connectivity index (χ0v) is 21.2. The highest BCUT2D eigenvalue weighted by Gasteiger charge is 2.46. The van der Waals surface area contributed by atoms with Gasteiger partial charge in [0, 0.05) is 17.2 Å².